The first-order valence-corrected chi connectivity index (χ1v) is 8.55. The molecular weight excluding hydrogens is 276 g/mol. The maximum atomic E-state index is 12.1. The van der Waals surface area contributed by atoms with Crippen LogP contribution in [-0.2, 0) is 9.53 Å². The van der Waals surface area contributed by atoms with Crippen LogP contribution in [0.4, 0.5) is 0 Å². The molecule has 124 valence electrons. The molecule has 0 heterocycles. The second-order valence-electron chi connectivity index (χ2n) is 7.08. The second kappa shape index (κ2) is 7.82. The number of nitrogens with one attached hydrogen (secondary N) is 1. The fourth-order valence-electron chi connectivity index (χ4n) is 3.49. The number of carbonyl (C=O) groups is 1. The smallest absolute Gasteiger partial charge is 0.250 e. The Morgan fingerprint density at radius 3 is 2.77 bits per heavy atom. The van der Waals surface area contributed by atoms with Crippen molar-refractivity contribution in [3.8, 4) is 0 Å². The molecule has 1 fully saturated rings. The van der Waals surface area contributed by atoms with Crippen molar-refractivity contribution in [1.29, 1.82) is 0 Å². The molecule has 22 heavy (non-hydrogen) atoms. The highest BCUT2D eigenvalue weighted by molar-refractivity contribution is 5.79. The third kappa shape index (κ3) is 4.60. The molecule has 4 nitrogen and oxygen atoms in total. The van der Waals surface area contributed by atoms with E-state index < -0.39 is 0 Å². The predicted molar refractivity (Wildman–Crippen MR) is 88.8 cm³/mol. The first-order chi connectivity index (χ1) is 10.5. The molecule has 0 aliphatic heterocycles. The van der Waals surface area contributed by atoms with E-state index >= 15 is 0 Å². The predicted octanol–water partition coefficient (Wildman–Crippen LogP) is 3.10. The van der Waals surface area contributed by atoms with Crippen LogP contribution >= 0.6 is 0 Å². The largest absolute Gasteiger partial charge is 0.397 e. The van der Waals surface area contributed by atoms with Crippen LogP contribution in [0.1, 0.15) is 52.9 Å². The van der Waals surface area contributed by atoms with Gasteiger partial charge in [0, 0.05) is 0 Å². The van der Waals surface area contributed by atoms with E-state index in [4.69, 9.17) is 10.5 Å². The summed E-state index contributed by atoms with van der Waals surface area (Å²) in [6, 6.07) is 0. The minimum absolute atomic E-state index is 0.106. The summed E-state index contributed by atoms with van der Waals surface area (Å²) >= 11 is 0. The number of amides is 1. The van der Waals surface area contributed by atoms with Crippen LogP contribution in [0.2, 0.25) is 0 Å². The molecule has 0 aromatic rings. The van der Waals surface area contributed by atoms with Gasteiger partial charge in [-0.3, -0.25) is 4.79 Å². The van der Waals surface area contributed by atoms with Crippen LogP contribution < -0.4 is 11.1 Å². The molecule has 0 aromatic carbocycles. The Bertz CT molecular complexity index is 454. The third-order valence-electron chi connectivity index (χ3n) is 4.85. The van der Waals surface area contributed by atoms with Crippen molar-refractivity contribution >= 4 is 5.91 Å². The summed E-state index contributed by atoms with van der Waals surface area (Å²) < 4.78 is 5.97. The van der Waals surface area contributed by atoms with Crippen molar-refractivity contribution in [2.45, 2.75) is 59.0 Å². The van der Waals surface area contributed by atoms with Crippen molar-refractivity contribution in [3.05, 3.63) is 23.5 Å². The van der Waals surface area contributed by atoms with Crippen molar-refractivity contribution in [2.75, 3.05) is 6.61 Å². The van der Waals surface area contributed by atoms with Gasteiger partial charge < -0.3 is 15.8 Å². The van der Waals surface area contributed by atoms with Gasteiger partial charge in [-0.1, -0.05) is 39.3 Å². The maximum absolute atomic E-state index is 12.1. The Hall–Kier alpha value is -1.29. The molecule has 0 saturated heterocycles. The van der Waals surface area contributed by atoms with Crippen LogP contribution in [0, 0.1) is 17.8 Å². The average molecular weight is 306 g/mol. The van der Waals surface area contributed by atoms with E-state index in [-0.39, 0.29) is 18.6 Å². The standard InChI is InChI=1S/C18H30N2O2/c1-12(2)14-9-8-13(3)10-17(14)22-11-18(21)20-16-7-5-4-6-15(16)19/h6-7,12-14,17H,4-5,8-11,19H2,1-3H3,(H,20,21)/t13-,14+,17-/m1/s1. The molecule has 0 radical (unpaired) electrons. The summed E-state index contributed by atoms with van der Waals surface area (Å²) in [4.78, 5) is 12.1. The summed E-state index contributed by atoms with van der Waals surface area (Å²) in [5.74, 6) is 1.73. The molecule has 2 aliphatic rings. The minimum atomic E-state index is -0.106. The van der Waals surface area contributed by atoms with Gasteiger partial charge in [0.2, 0.25) is 5.91 Å². The molecule has 0 bridgehead atoms. The highest BCUT2D eigenvalue weighted by atomic mass is 16.5. The fourth-order valence-corrected chi connectivity index (χ4v) is 3.49. The molecule has 0 unspecified atom stereocenters. The normalized spacial score (nSPS) is 29.0. The molecule has 1 saturated carbocycles. The summed E-state index contributed by atoms with van der Waals surface area (Å²) in [5, 5.41) is 2.87. The zero-order chi connectivity index (χ0) is 16.1. The Kier molecular flexibility index (Phi) is 6.07. The van der Waals surface area contributed by atoms with Crippen molar-refractivity contribution in [2.24, 2.45) is 23.5 Å². The molecule has 0 aromatic heterocycles. The van der Waals surface area contributed by atoms with E-state index in [1.165, 1.54) is 12.8 Å². The third-order valence-corrected chi connectivity index (χ3v) is 4.85. The van der Waals surface area contributed by atoms with Gasteiger partial charge in [-0.25, -0.2) is 0 Å². The van der Waals surface area contributed by atoms with Gasteiger partial charge in [-0.05, 0) is 43.4 Å². The van der Waals surface area contributed by atoms with Gasteiger partial charge in [0.05, 0.1) is 17.5 Å². The van der Waals surface area contributed by atoms with Gasteiger partial charge in [0.1, 0.15) is 6.61 Å². The number of ether oxygens (including phenoxy) is 1. The van der Waals surface area contributed by atoms with Crippen molar-refractivity contribution in [1.82, 2.24) is 5.32 Å². The van der Waals surface area contributed by atoms with Gasteiger partial charge in [-0.15, -0.1) is 0 Å². The number of hydrogen-bond donors (Lipinski definition) is 2. The van der Waals surface area contributed by atoms with E-state index in [1.54, 1.807) is 0 Å². The quantitative estimate of drug-likeness (QED) is 0.820. The highest BCUT2D eigenvalue weighted by Crippen LogP contribution is 2.35. The minimum Gasteiger partial charge on any atom is -0.397 e. The van der Waals surface area contributed by atoms with Crippen molar-refractivity contribution < 1.29 is 9.53 Å². The lowest BCUT2D eigenvalue weighted by Crippen LogP contribution is -2.38. The van der Waals surface area contributed by atoms with Crippen LogP contribution in [0.15, 0.2) is 23.5 Å². The number of hydrogen-bond acceptors (Lipinski definition) is 3. The maximum Gasteiger partial charge on any atom is 0.250 e. The van der Waals surface area contributed by atoms with Crippen LogP contribution in [-0.4, -0.2) is 18.6 Å². The molecule has 0 spiro atoms. The molecule has 1 amide bonds. The first kappa shape index (κ1) is 17.1. The van der Waals surface area contributed by atoms with Gasteiger partial charge in [0.15, 0.2) is 0 Å². The van der Waals surface area contributed by atoms with Crippen LogP contribution in [0.25, 0.3) is 0 Å². The van der Waals surface area contributed by atoms with Gasteiger partial charge in [0.25, 0.3) is 0 Å². The van der Waals surface area contributed by atoms with E-state index in [0.717, 1.165) is 25.0 Å². The van der Waals surface area contributed by atoms with Gasteiger partial charge in [-0.2, -0.15) is 0 Å². The summed E-state index contributed by atoms with van der Waals surface area (Å²) in [6.07, 6.45) is 9.52. The lowest BCUT2D eigenvalue weighted by Gasteiger charge is -2.37. The topological polar surface area (TPSA) is 64.3 Å². The Morgan fingerprint density at radius 2 is 2.09 bits per heavy atom. The Balaban J connectivity index is 1.84. The zero-order valence-corrected chi connectivity index (χ0v) is 14.1. The summed E-state index contributed by atoms with van der Waals surface area (Å²) in [6.45, 7) is 6.88. The Labute approximate surface area is 134 Å². The van der Waals surface area contributed by atoms with Crippen LogP contribution in [0.5, 0.6) is 0 Å². The fraction of sp³-hybridized carbons (Fsp3) is 0.722. The SMILES string of the molecule is CC(C)[C@@H]1CC[C@@H](C)C[C@H]1OCC(=O)NC1=CCCC=C1N. The van der Waals surface area contributed by atoms with Gasteiger partial charge >= 0.3 is 0 Å². The summed E-state index contributed by atoms with van der Waals surface area (Å²) in [5.41, 5.74) is 7.28. The second-order valence-corrected chi connectivity index (χ2v) is 7.08. The molecule has 2 aliphatic carbocycles. The molecule has 2 rings (SSSR count). The molecule has 4 heteroatoms. The highest BCUT2D eigenvalue weighted by Gasteiger charge is 2.31. The molecule has 3 atom stereocenters. The average Bonchev–Trinajstić information content (AvgIpc) is 2.47. The lowest BCUT2D eigenvalue weighted by atomic mass is 9.75. The van der Waals surface area contributed by atoms with Crippen LogP contribution in [0.3, 0.4) is 0 Å². The van der Waals surface area contributed by atoms with E-state index in [2.05, 4.69) is 26.1 Å². The zero-order valence-electron chi connectivity index (χ0n) is 14.1. The van der Waals surface area contributed by atoms with E-state index in [0.29, 0.717) is 23.5 Å². The monoisotopic (exact) mass is 306 g/mol. The Morgan fingerprint density at radius 1 is 1.36 bits per heavy atom. The first-order valence-electron chi connectivity index (χ1n) is 8.55. The van der Waals surface area contributed by atoms with Crippen molar-refractivity contribution in [3.63, 3.8) is 0 Å². The molecule has 3 N–H and O–H groups in total. The number of allylic oxidation sites excluding steroid dienone is 2. The number of rotatable bonds is 5. The van der Waals surface area contributed by atoms with E-state index in [1.807, 2.05) is 12.2 Å². The van der Waals surface area contributed by atoms with E-state index in [9.17, 15) is 4.79 Å². The number of nitrogens with two attached hydrogens (primary N) is 1. The lowest BCUT2D eigenvalue weighted by molar-refractivity contribution is -0.130. The summed E-state index contributed by atoms with van der Waals surface area (Å²) in [7, 11) is 0. The number of carbonyl (C=O) groups excluding carboxylic acids is 1. The molecular formula is C18H30N2O2.